The van der Waals surface area contributed by atoms with E-state index in [1.54, 1.807) is 31.2 Å². The summed E-state index contributed by atoms with van der Waals surface area (Å²) in [5.74, 6) is 1.39. The third-order valence-corrected chi connectivity index (χ3v) is 4.77. The van der Waals surface area contributed by atoms with Crippen LogP contribution in [0.4, 0.5) is 0 Å². The largest absolute Gasteiger partial charge is 0.458 e. The van der Waals surface area contributed by atoms with Gasteiger partial charge in [-0.25, -0.2) is 4.98 Å². The van der Waals surface area contributed by atoms with E-state index < -0.39 is 5.97 Å². The molecule has 7 heteroatoms. The van der Waals surface area contributed by atoms with Gasteiger partial charge in [0.05, 0.1) is 0 Å². The highest BCUT2D eigenvalue weighted by Gasteiger charge is 2.14. The van der Waals surface area contributed by atoms with Crippen molar-refractivity contribution in [2.24, 2.45) is 0 Å². The van der Waals surface area contributed by atoms with E-state index >= 15 is 0 Å². The summed E-state index contributed by atoms with van der Waals surface area (Å²) in [5.41, 5.74) is 1.77. The number of para-hydroxylation sites is 1. The van der Waals surface area contributed by atoms with Crippen LogP contribution in [0, 0.1) is 6.92 Å². The third kappa shape index (κ3) is 5.86. The fourth-order valence-corrected chi connectivity index (χ4v) is 3.02. The highest BCUT2D eigenvalue weighted by Crippen LogP contribution is 2.22. The van der Waals surface area contributed by atoms with Crippen molar-refractivity contribution in [2.75, 3.05) is 6.54 Å². The summed E-state index contributed by atoms with van der Waals surface area (Å²) in [6.45, 7) is 1.46. The maximum Gasteiger partial charge on any atom is 0.325 e. The Bertz CT molecular complexity index is 1220. The summed E-state index contributed by atoms with van der Waals surface area (Å²) in [4.78, 5) is 28.8. The van der Waals surface area contributed by atoms with Gasteiger partial charge in [0.15, 0.2) is 0 Å². The molecule has 1 heterocycles. The fourth-order valence-electron chi connectivity index (χ4n) is 3.02. The predicted octanol–water partition coefficient (Wildman–Crippen LogP) is 4.92. The number of hydrogen-bond acceptors (Lipinski definition) is 6. The highest BCUT2D eigenvalue weighted by atomic mass is 16.5. The molecule has 0 atom stereocenters. The topological polar surface area (TPSA) is 90.7 Å². The Morgan fingerprint density at radius 3 is 2.21 bits per heavy atom. The molecular formula is C26H22N2O5. The molecule has 0 aliphatic carbocycles. The Labute approximate surface area is 191 Å². The molecular weight excluding hydrogens is 420 g/mol. The molecule has 1 N–H and O–H groups in total. The van der Waals surface area contributed by atoms with Crippen LogP contribution in [0.25, 0.3) is 11.5 Å². The Morgan fingerprint density at radius 2 is 1.52 bits per heavy atom. The SMILES string of the molecule is Cc1oc(-c2ccccc2)nc1COC(=O)CNC(=O)c1ccc(Oc2ccccc2)cc1. The lowest BCUT2D eigenvalue weighted by atomic mass is 10.2. The molecule has 0 aliphatic rings. The van der Waals surface area contributed by atoms with Crippen molar-refractivity contribution in [3.63, 3.8) is 0 Å². The average molecular weight is 442 g/mol. The van der Waals surface area contributed by atoms with Gasteiger partial charge in [0.1, 0.15) is 36.1 Å². The number of rotatable bonds is 8. The van der Waals surface area contributed by atoms with Gasteiger partial charge in [0, 0.05) is 11.1 Å². The lowest BCUT2D eigenvalue weighted by molar-refractivity contribution is -0.143. The number of nitrogens with zero attached hydrogens (tertiary/aromatic N) is 1. The molecule has 1 amide bonds. The first-order valence-corrected chi connectivity index (χ1v) is 10.4. The van der Waals surface area contributed by atoms with Gasteiger partial charge in [0.25, 0.3) is 5.91 Å². The van der Waals surface area contributed by atoms with Gasteiger partial charge in [-0.2, -0.15) is 0 Å². The predicted molar refractivity (Wildman–Crippen MR) is 122 cm³/mol. The van der Waals surface area contributed by atoms with Gasteiger partial charge >= 0.3 is 5.97 Å². The normalized spacial score (nSPS) is 10.5. The lowest BCUT2D eigenvalue weighted by Gasteiger charge is -2.08. The van der Waals surface area contributed by atoms with E-state index in [2.05, 4.69) is 10.3 Å². The van der Waals surface area contributed by atoms with Gasteiger partial charge in [-0.1, -0.05) is 36.4 Å². The third-order valence-electron chi connectivity index (χ3n) is 4.77. The van der Waals surface area contributed by atoms with Crippen molar-refractivity contribution in [3.05, 3.63) is 102 Å². The van der Waals surface area contributed by atoms with Crippen molar-refractivity contribution in [1.82, 2.24) is 10.3 Å². The molecule has 0 saturated heterocycles. The molecule has 4 rings (SSSR count). The molecule has 7 nitrogen and oxygen atoms in total. The minimum atomic E-state index is -0.573. The second-order valence-corrected chi connectivity index (χ2v) is 7.17. The van der Waals surface area contributed by atoms with Crippen LogP contribution in [0.2, 0.25) is 0 Å². The van der Waals surface area contributed by atoms with E-state index in [0.29, 0.717) is 34.4 Å². The summed E-state index contributed by atoms with van der Waals surface area (Å²) in [6, 6.07) is 25.4. The first-order valence-electron chi connectivity index (χ1n) is 10.4. The molecule has 33 heavy (non-hydrogen) atoms. The first-order chi connectivity index (χ1) is 16.1. The highest BCUT2D eigenvalue weighted by molar-refractivity contribution is 5.96. The Hall–Kier alpha value is -4.39. The standard InChI is InChI=1S/C26H22N2O5/c1-18-23(28-26(32-18)20-8-4-2-5-9-20)17-31-24(29)16-27-25(30)19-12-14-22(15-13-19)33-21-10-6-3-7-11-21/h2-15H,16-17H2,1H3,(H,27,30). The number of esters is 1. The minimum absolute atomic E-state index is 0.0393. The van der Waals surface area contributed by atoms with Crippen molar-refractivity contribution in [3.8, 4) is 23.0 Å². The van der Waals surface area contributed by atoms with Crippen molar-refractivity contribution in [1.29, 1.82) is 0 Å². The van der Waals surface area contributed by atoms with Gasteiger partial charge in [0.2, 0.25) is 5.89 Å². The second-order valence-electron chi connectivity index (χ2n) is 7.17. The maximum atomic E-state index is 12.3. The van der Waals surface area contributed by atoms with Gasteiger partial charge in [-0.05, 0) is 55.5 Å². The summed E-state index contributed by atoms with van der Waals surface area (Å²) in [7, 11) is 0. The van der Waals surface area contributed by atoms with Gasteiger partial charge < -0.3 is 19.2 Å². The zero-order valence-electron chi connectivity index (χ0n) is 18.0. The Kier molecular flexibility index (Phi) is 6.80. The number of aromatic nitrogens is 1. The molecule has 4 aromatic rings. The molecule has 0 radical (unpaired) electrons. The van der Waals surface area contributed by atoms with Crippen LogP contribution in [0.15, 0.2) is 89.3 Å². The number of carbonyl (C=O) groups is 2. The number of carbonyl (C=O) groups excluding carboxylic acids is 2. The summed E-state index contributed by atoms with van der Waals surface area (Å²) in [5, 5.41) is 2.55. The van der Waals surface area contributed by atoms with E-state index in [4.69, 9.17) is 13.9 Å². The molecule has 0 bridgehead atoms. The van der Waals surface area contributed by atoms with E-state index in [0.717, 1.165) is 5.56 Å². The number of benzene rings is 3. The monoisotopic (exact) mass is 442 g/mol. The Morgan fingerprint density at radius 1 is 0.879 bits per heavy atom. The summed E-state index contributed by atoms with van der Waals surface area (Å²) < 4.78 is 16.6. The number of ether oxygens (including phenoxy) is 2. The molecule has 1 aromatic heterocycles. The summed E-state index contributed by atoms with van der Waals surface area (Å²) >= 11 is 0. The van der Waals surface area contributed by atoms with Crippen LogP contribution in [0.1, 0.15) is 21.8 Å². The zero-order valence-corrected chi connectivity index (χ0v) is 18.0. The number of aryl methyl sites for hydroxylation is 1. The van der Waals surface area contributed by atoms with Crippen LogP contribution in [-0.2, 0) is 16.1 Å². The molecule has 0 aliphatic heterocycles. The number of oxazole rings is 1. The van der Waals surface area contributed by atoms with Crippen LogP contribution < -0.4 is 10.1 Å². The van der Waals surface area contributed by atoms with Crippen LogP contribution >= 0.6 is 0 Å². The minimum Gasteiger partial charge on any atom is -0.458 e. The molecule has 166 valence electrons. The first kappa shape index (κ1) is 21.8. The molecule has 0 fully saturated rings. The van der Waals surface area contributed by atoms with Crippen LogP contribution in [0.5, 0.6) is 11.5 Å². The molecule has 0 spiro atoms. The summed E-state index contributed by atoms with van der Waals surface area (Å²) in [6.07, 6.45) is 0. The molecule has 0 saturated carbocycles. The van der Waals surface area contributed by atoms with Crippen molar-refractivity contribution >= 4 is 11.9 Å². The maximum absolute atomic E-state index is 12.3. The Balaban J connectivity index is 1.25. The molecule has 0 unspecified atom stereocenters. The second kappa shape index (κ2) is 10.3. The quantitative estimate of drug-likeness (QED) is 0.390. The molecule has 3 aromatic carbocycles. The smallest absolute Gasteiger partial charge is 0.325 e. The van der Waals surface area contributed by atoms with E-state index in [1.807, 2.05) is 60.7 Å². The fraction of sp³-hybridized carbons (Fsp3) is 0.115. The zero-order chi connectivity index (χ0) is 23.0. The number of hydrogen-bond donors (Lipinski definition) is 1. The van der Waals surface area contributed by atoms with Gasteiger partial charge in [-0.3, -0.25) is 9.59 Å². The van der Waals surface area contributed by atoms with Gasteiger partial charge in [-0.15, -0.1) is 0 Å². The van der Waals surface area contributed by atoms with Crippen LogP contribution in [-0.4, -0.2) is 23.4 Å². The number of nitrogens with one attached hydrogen (secondary N) is 1. The average Bonchev–Trinajstić information content (AvgIpc) is 3.23. The van der Waals surface area contributed by atoms with Crippen LogP contribution in [0.3, 0.4) is 0 Å². The number of amides is 1. The van der Waals surface area contributed by atoms with Crippen molar-refractivity contribution in [2.45, 2.75) is 13.5 Å². The van der Waals surface area contributed by atoms with E-state index in [9.17, 15) is 9.59 Å². The lowest BCUT2D eigenvalue weighted by Crippen LogP contribution is -2.30. The van der Waals surface area contributed by atoms with E-state index in [1.165, 1.54) is 0 Å². The van der Waals surface area contributed by atoms with E-state index in [-0.39, 0.29) is 19.1 Å². The van der Waals surface area contributed by atoms with Crippen molar-refractivity contribution < 1.29 is 23.5 Å².